The monoisotopic (exact) mass is 235 g/mol. The summed E-state index contributed by atoms with van der Waals surface area (Å²) in [5.41, 5.74) is 0. The molecule has 1 aromatic heterocycles. The zero-order chi connectivity index (χ0) is 12.3. The van der Waals surface area contributed by atoms with Gasteiger partial charge in [0.25, 0.3) is 0 Å². The van der Waals surface area contributed by atoms with Crippen LogP contribution < -0.4 is 5.32 Å². The van der Waals surface area contributed by atoms with Crippen molar-refractivity contribution >= 4 is 0 Å². The van der Waals surface area contributed by atoms with Gasteiger partial charge in [0.15, 0.2) is 0 Å². The highest BCUT2D eigenvalue weighted by atomic mass is 16.3. The first-order valence-electron chi connectivity index (χ1n) is 6.98. The quantitative estimate of drug-likeness (QED) is 0.851. The molecule has 1 aromatic rings. The van der Waals surface area contributed by atoms with Gasteiger partial charge in [-0.15, -0.1) is 0 Å². The summed E-state index contributed by atoms with van der Waals surface area (Å²) in [6.07, 6.45) is 6.79. The molecule has 2 nitrogen and oxygen atoms in total. The molecule has 1 aliphatic carbocycles. The highest BCUT2D eigenvalue weighted by Gasteiger charge is 2.28. The topological polar surface area (TPSA) is 25.2 Å². The largest absolute Gasteiger partial charge is 0.465 e. The zero-order valence-corrected chi connectivity index (χ0v) is 11.3. The van der Waals surface area contributed by atoms with Gasteiger partial charge in [-0.1, -0.05) is 26.2 Å². The molecule has 1 heterocycles. The summed E-state index contributed by atoms with van der Waals surface area (Å²) in [4.78, 5) is 0. The van der Waals surface area contributed by atoms with Gasteiger partial charge in [-0.05, 0) is 50.8 Å². The van der Waals surface area contributed by atoms with Crippen molar-refractivity contribution in [2.24, 2.45) is 11.8 Å². The lowest BCUT2D eigenvalue weighted by molar-refractivity contribution is 0.207. The average molecular weight is 235 g/mol. The van der Waals surface area contributed by atoms with Crippen LogP contribution >= 0.6 is 0 Å². The third kappa shape index (κ3) is 2.92. The minimum Gasteiger partial charge on any atom is -0.465 e. The molecular weight excluding hydrogens is 210 g/mol. The number of hydrogen-bond acceptors (Lipinski definition) is 2. The molecule has 17 heavy (non-hydrogen) atoms. The van der Waals surface area contributed by atoms with Crippen LogP contribution in [0.25, 0.3) is 0 Å². The van der Waals surface area contributed by atoms with Gasteiger partial charge in [-0.25, -0.2) is 0 Å². The number of aryl methyl sites for hydroxylation is 1. The van der Waals surface area contributed by atoms with Crippen LogP contribution in [-0.4, -0.2) is 7.05 Å². The fourth-order valence-electron chi connectivity index (χ4n) is 3.16. The Bertz CT molecular complexity index is 336. The summed E-state index contributed by atoms with van der Waals surface area (Å²) in [5, 5.41) is 3.44. The SMILES string of the molecule is CCC1CCC(C(NC)c2ccc(C)o2)CC1. The average Bonchev–Trinajstić information content (AvgIpc) is 2.78. The minimum absolute atomic E-state index is 0.404. The molecule has 0 aromatic carbocycles. The van der Waals surface area contributed by atoms with E-state index in [0.29, 0.717) is 6.04 Å². The smallest absolute Gasteiger partial charge is 0.121 e. The second-order valence-corrected chi connectivity index (χ2v) is 5.40. The molecule has 2 rings (SSSR count). The molecule has 0 spiro atoms. The lowest BCUT2D eigenvalue weighted by Crippen LogP contribution is -2.28. The van der Waals surface area contributed by atoms with Crippen LogP contribution in [0.15, 0.2) is 16.5 Å². The predicted molar refractivity (Wildman–Crippen MR) is 71.0 cm³/mol. The Labute approximate surface area is 105 Å². The van der Waals surface area contributed by atoms with E-state index in [4.69, 9.17) is 4.42 Å². The fourth-order valence-corrected chi connectivity index (χ4v) is 3.16. The van der Waals surface area contributed by atoms with Crippen LogP contribution in [0.3, 0.4) is 0 Å². The van der Waals surface area contributed by atoms with Crippen LogP contribution in [0, 0.1) is 18.8 Å². The molecule has 1 N–H and O–H groups in total. The van der Waals surface area contributed by atoms with Crippen LogP contribution in [0.5, 0.6) is 0 Å². The Hall–Kier alpha value is -0.760. The first-order chi connectivity index (χ1) is 8.24. The van der Waals surface area contributed by atoms with Crippen molar-refractivity contribution in [2.75, 3.05) is 7.05 Å². The second kappa shape index (κ2) is 5.72. The molecule has 1 aliphatic rings. The third-order valence-electron chi connectivity index (χ3n) is 4.32. The van der Waals surface area contributed by atoms with Gasteiger partial charge >= 0.3 is 0 Å². The van der Waals surface area contributed by atoms with E-state index in [0.717, 1.165) is 23.4 Å². The standard InChI is InChI=1S/C15H25NO/c1-4-12-6-8-13(9-7-12)15(16-3)14-10-5-11(2)17-14/h5,10,12-13,15-16H,4,6-9H2,1-3H3. The fraction of sp³-hybridized carbons (Fsp3) is 0.733. The van der Waals surface area contributed by atoms with Gasteiger partial charge < -0.3 is 9.73 Å². The summed E-state index contributed by atoms with van der Waals surface area (Å²) < 4.78 is 5.78. The van der Waals surface area contributed by atoms with E-state index in [1.807, 2.05) is 6.92 Å². The Kier molecular flexibility index (Phi) is 4.27. The van der Waals surface area contributed by atoms with Crippen molar-refractivity contribution in [3.8, 4) is 0 Å². The van der Waals surface area contributed by atoms with Gasteiger partial charge in [0.1, 0.15) is 11.5 Å². The van der Waals surface area contributed by atoms with Crippen molar-refractivity contribution in [2.45, 2.75) is 52.0 Å². The summed E-state index contributed by atoms with van der Waals surface area (Å²) in [6.45, 7) is 4.33. The summed E-state index contributed by atoms with van der Waals surface area (Å²) in [7, 11) is 2.05. The van der Waals surface area contributed by atoms with Crippen LogP contribution in [0.4, 0.5) is 0 Å². The molecule has 0 aliphatic heterocycles. The molecule has 0 saturated heterocycles. The molecule has 1 saturated carbocycles. The molecule has 1 unspecified atom stereocenters. The van der Waals surface area contributed by atoms with E-state index in [9.17, 15) is 0 Å². The molecule has 2 heteroatoms. The lowest BCUT2D eigenvalue weighted by atomic mass is 9.77. The molecule has 1 atom stereocenters. The number of hydrogen-bond donors (Lipinski definition) is 1. The second-order valence-electron chi connectivity index (χ2n) is 5.40. The van der Waals surface area contributed by atoms with E-state index in [1.54, 1.807) is 0 Å². The maximum atomic E-state index is 5.78. The Morgan fingerprint density at radius 2 is 2.00 bits per heavy atom. The maximum absolute atomic E-state index is 5.78. The number of nitrogens with one attached hydrogen (secondary N) is 1. The lowest BCUT2D eigenvalue weighted by Gasteiger charge is -2.32. The number of rotatable bonds is 4. The molecular formula is C15H25NO. The first-order valence-corrected chi connectivity index (χ1v) is 6.98. The van der Waals surface area contributed by atoms with E-state index >= 15 is 0 Å². The molecule has 96 valence electrons. The van der Waals surface area contributed by atoms with Crippen LogP contribution in [-0.2, 0) is 0 Å². The van der Waals surface area contributed by atoms with Crippen LogP contribution in [0.2, 0.25) is 0 Å². The molecule has 0 amide bonds. The minimum atomic E-state index is 0.404. The summed E-state index contributed by atoms with van der Waals surface area (Å²) in [6, 6.07) is 4.60. The normalized spacial score (nSPS) is 27.0. The first kappa shape index (κ1) is 12.7. The van der Waals surface area contributed by atoms with E-state index in [-0.39, 0.29) is 0 Å². The predicted octanol–water partition coefficient (Wildman–Crippen LogP) is 4.06. The van der Waals surface area contributed by atoms with Gasteiger partial charge in [0.05, 0.1) is 6.04 Å². The molecule has 0 radical (unpaired) electrons. The van der Waals surface area contributed by atoms with Crippen molar-refractivity contribution in [3.63, 3.8) is 0 Å². The van der Waals surface area contributed by atoms with Crippen molar-refractivity contribution in [1.82, 2.24) is 5.32 Å². The summed E-state index contributed by atoms with van der Waals surface area (Å²) in [5.74, 6) is 3.84. The van der Waals surface area contributed by atoms with Gasteiger partial charge in [0.2, 0.25) is 0 Å². The van der Waals surface area contributed by atoms with Crippen molar-refractivity contribution in [3.05, 3.63) is 23.7 Å². The zero-order valence-electron chi connectivity index (χ0n) is 11.3. The van der Waals surface area contributed by atoms with Gasteiger partial charge in [-0.3, -0.25) is 0 Å². The number of furan rings is 1. The Morgan fingerprint density at radius 3 is 2.47 bits per heavy atom. The van der Waals surface area contributed by atoms with Crippen molar-refractivity contribution in [1.29, 1.82) is 0 Å². The third-order valence-corrected chi connectivity index (χ3v) is 4.32. The van der Waals surface area contributed by atoms with Crippen molar-refractivity contribution < 1.29 is 4.42 Å². The van der Waals surface area contributed by atoms with Gasteiger partial charge in [0, 0.05) is 0 Å². The highest BCUT2D eigenvalue weighted by Crippen LogP contribution is 2.38. The van der Waals surface area contributed by atoms with E-state index < -0.39 is 0 Å². The molecule has 0 bridgehead atoms. The Balaban J connectivity index is 2.00. The molecule has 1 fully saturated rings. The Morgan fingerprint density at radius 1 is 1.29 bits per heavy atom. The van der Waals surface area contributed by atoms with Gasteiger partial charge in [-0.2, -0.15) is 0 Å². The summed E-state index contributed by atoms with van der Waals surface area (Å²) >= 11 is 0. The highest BCUT2D eigenvalue weighted by molar-refractivity contribution is 5.11. The maximum Gasteiger partial charge on any atom is 0.121 e. The van der Waals surface area contributed by atoms with Crippen LogP contribution in [0.1, 0.15) is 56.6 Å². The van der Waals surface area contributed by atoms with E-state index in [2.05, 4.69) is 31.4 Å². The van der Waals surface area contributed by atoms with E-state index in [1.165, 1.54) is 32.1 Å².